The van der Waals surface area contributed by atoms with Crippen LogP contribution in [0.25, 0.3) is 45.0 Å². The smallest absolute Gasteiger partial charge is 0.160 e. The van der Waals surface area contributed by atoms with Crippen molar-refractivity contribution in [3.05, 3.63) is 191 Å². The summed E-state index contributed by atoms with van der Waals surface area (Å²) in [6.07, 6.45) is 0. The van der Waals surface area contributed by atoms with E-state index in [-0.39, 0.29) is 5.41 Å². The van der Waals surface area contributed by atoms with Gasteiger partial charge in [-0.3, -0.25) is 0 Å². The maximum Gasteiger partial charge on any atom is 0.160 e. The summed E-state index contributed by atoms with van der Waals surface area (Å²) in [4.78, 5) is 10.4. The molecule has 0 unspecified atom stereocenters. The molecule has 0 radical (unpaired) electrons. The monoisotopic (exact) mass is 613 g/mol. The molecule has 0 atom stereocenters. The van der Waals surface area contributed by atoms with Crippen LogP contribution >= 0.6 is 0 Å². The molecule has 2 aliphatic rings. The Morgan fingerprint density at radius 2 is 0.958 bits per heavy atom. The molecule has 0 N–H and O–H groups in total. The van der Waals surface area contributed by atoms with Gasteiger partial charge in [-0.1, -0.05) is 141 Å². The molecule has 0 fully saturated rings. The zero-order chi connectivity index (χ0) is 32.5. The Balaban J connectivity index is 1.33. The van der Waals surface area contributed by atoms with Crippen molar-refractivity contribution in [1.29, 1.82) is 5.26 Å². The molecule has 0 bridgehead atoms. The number of hydrogen-bond donors (Lipinski definition) is 0. The van der Waals surface area contributed by atoms with E-state index < -0.39 is 5.41 Å². The van der Waals surface area contributed by atoms with Gasteiger partial charge in [-0.15, -0.1) is 0 Å². The molecule has 2 aliphatic carbocycles. The van der Waals surface area contributed by atoms with Crippen molar-refractivity contribution >= 4 is 0 Å². The Kier molecular flexibility index (Phi) is 6.13. The lowest BCUT2D eigenvalue weighted by Crippen LogP contribution is -2.40. The van der Waals surface area contributed by atoms with E-state index in [0.29, 0.717) is 11.4 Å². The minimum absolute atomic E-state index is 0.156. The van der Waals surface area contributed by atoms with Crippen LogP contribution < -0.4 is 0 Å². The second-order valence-electron chi connectivity index (χ2n) is 13.3. The predicted octanol–water partition coefficient (Wildman–Crippen LogP) is 10.4. The zero-order valence-electron chi connectivity index (χ0n) is 26.8. The first-order valence-electron chi connectivity index (χ1n) is 16.4. The van der Waals surface area contributed by atoms with Gasteiger partial charge >= 0.3 is 0 Å². The summed E-state index contributed by atoms with van der Waals surface area (Å²) in [5.74, 6) is 0.669. The molecule has 7 aromatic rings. The van der Waals surface area contributed by atoms with E-state index in [1.165, 1.54) is 44.5 Å². The third-order valence-corrected chi connectivity index (χ3v) is 10.4. The average Bonchev–Trinajstić information content (AvgIpc) is 3.44. The largest absolute Gasteiger partial charge is 0.228 e. The molecule has 9 rings (SSSR count). The van der Waals surface area contributed by atoms with Gasteiger partial charge in [0.05, 0.1) is 28.4 Å². The fourth-order valence-electron chi connectivity index (χ4n) is 8.20. The minimum atomic E-state index is -0.488. The Morgan fingerprint density at radius 1 is 0.458 bits per heavy atom. The SMILES string of the molecule is CC1(C)c2ccccc2C2(c3ccccc3-c3ccc(-c4nc(-c5ccccc5)cc(-c5ccc(C#N)cc5)n4)cc32)c2ccccc21. The Bertz CT molecular complexity index is 2380. The molecular formula is C45H31N3. The second kappa shape index (κ2) is 10.5. The van der Waals surface area contributed by atoms with Crippen LogP contribution in [0.2, 0.25) is 0 Å². The summed E-state index contributed by atoms with van der Waals surface area (Å²) in [6, 6.07) is 55.8. The fraction of sp³-hybridized carbons (Fsp3) is 0.0889. The van der Waals surface area contributed by atoms with Gasteiger partial charge in [0.25, 0.3) is 0 Å². The molecule has 3 heteroatoms. The standard InChI is InChI=1S/C45H31N3/c1-44(2)36-16-8-10-18-38(36)45(39-19-11-9-17-37(39)44)35-15-7-6-14-33(35)34-25-24-32(26-40(34)45)43-47-41(30-12-4-3-5-13-30)27-42(48-43)31-22-20-29(28-46)21-23-31/h3-27H,1-2H3. The first-order chi connectivity index (χ1) is 23.5. The third-order valence-electron chi connectivity index (χ3n) is 10.4. The van der Waals surface area contributed by atoms with Gasteiger partial charge < -0.3 is 0 Å². The molecule has 0 saturated heterocycles. The molecule has 1 aromatic heterocycles. The molecule has 0 aliphatic heterocycles. The van der Waals surface area contributed by atoms with E-state index in [0.717, 1.165) is 28.1 Å². The molecular weight excluding hydrogens is 583 g/mol. The van der Waals surface area contributed by atoms with Crippen LogP contribution in [-0.2, 0) is 10.8 Å². The maximum atomic E-state index is 9.41. The lowest BCUT2D eigenvalue weighted by atomic mass is 9.55. The van der Waals surface area contributed by atoms with Crippen molar-refractivity contribution in [1.82, 2.24) is 9.97 Å². The third kappa shape index (κ3) is 3.93. The van der Waals surface area contributed by atoms with Gasteiger partial charge in [0.15, 0.2) is 5.82 Å². The number of benzene rings is 6. The first kappa shape index (κ1) is 28.1. The molecule has 48 heavy (non-hydrogen) atoms. The molecule has 1 spiro atoms. The Labute approximate surface area is 280 Å². The molecule has 1 heterocycles. The summed E-state index contributed by atoms with van der Waals surface area (Å²) in [5, 5.41) is 9.41. The van der Waals surface area contributed by atoms with Gasteiger partial charge in [-0.25, -0.2) is 9.97 Å². The van der Waals surface area contributed by atoms with Crippen molar-refractivity contribution in [3.63, 3.8) is 0 Å². The predicted molar refractivity (Wildman–Crippen MR) is 192 cm³/mol. The van der Waals surface area contributed by atoms with Crippen molar-refractivity contribution in [2.45, 2.75) is 24.7 Å². The summed E-state index contributed by atoms with van der Waals surface area (Å²) >= 11 is 0. The van der Waals surface area contributed by atoms with Gasteiger partial charge in [0.1, 0.15) is 0 Å². The molecule has 6 aromatic carbocycles. The van der Waals surface area contributed by atoms with Crippen molar-refractivity contribution in [3.8, 4) is 51.1 Å². The van der Waals surface area contributed by atoms with E-state index in [4.69, 9.17) is 9.97 Å². The second-order valence-corrected chi connectivity index (χ2v) is 13.3. The fourth-order valence-corrected chi connectivity index (χ4v) is 8.20. The number of rotatable bonds is 3. The highest BCUT2D eigenvalue weighted by Crippen LogP contribution is 2.62. The number of nitrogens with zero attached hydrogens (tertiary/aromatic N) is 3. The summed E-state index contributed by atoms with van der Waals surface area (Å²) < 4.78 is 0. The van der Waals surface area contributed by atoms with Gasteiger partial charge in [-0.05, 0) is 68.8 Å². The van der Waals surface area contributed by atoms with Crippen LogP contribution in [0.3, 0.4) is 0 Å². The van der Waals surface area contributed by atoms with E-state index in [9.17, 15) is 5.26 Å². The van der Waals surface area contributed by atoms with Crippen LogP contribution in [0.15, 0.2) is 152 Å². The van der Waals surface area contributed by atoms with Gasteiger partial charge in [0.2, 0.25) is 0 Å². The van der Waals surface area contributed by atoms with Crippen molar-refractivity contribution in [2.75, 3.05) is 0 Å². The normalized spacial score (nSPS) is 14.4. The van der Waals surface area contributed by atoms with Crippen molar-refractivity contribution < 1.29 is 0 Å². The number of fused-ring (bicyclic) bond motifs is 9. The topological polar surface area (TPSA) is 49.6 Å². The van der Waals surface area contributed by atoms with E-state index in [1.807, 2.05) is 48.5 Å². The van der Waals surface area contributed by atoms with Crippen LogP contribution in [-0.4, -0.2) is 9.97 Å². The number of hydrogen-bond acceptors (Lipinski definition) is 3. The van der Waals surface area contributed by atoms with Crippen molar-refractivity contribution in [2.24, 2.45) is 0 Å². The van der Waals surface area contributed by atoms with Crippen LogP contribution in [0.4, 0.5) is 0 Å². The summed E-state index contributed by atoms with van der Waals surface area (Å²) in [6.45, 7) is 4.70. The van der Waals surface area contributed by atoms with Crippen LogP contribution in [0.1, 0.15) is 52.8 Å². The minimum Gasteiger partial charge on any atom is -0.228 e. The van der Waals surface area contributed by atoms with E-state index >= 15 is 0 Å². The molecule has 0 amide bonds. The number of nitriles is 1. The summed E-state index contributed by atoms with van der Waals surface area (Å²) in [5.41, 5.74) is 15.0. The average molecular weight is 614 g/mol. The van der Waals surface area contributed by atoms with E-state index in [2.05, 4.69) is 123 Å². The highest BCUT2D eigenvalue weighted by molar-refractivity contribution is 5.90. The zero-order valence-corrected chi connectivity index (χ0v) is 26.8. The molecule has 0 saturated carbocycles. The maximum absolute atomic E-state index is 9.41. The molecule has 3 nitrogen and oxygen atoms in total. The first-order valence-corrected chi connectivity index (χ1v) is 16.4. The van der Waals surface area contributed by atoms with Gasteiger partial charge in [0, 0.05) is 22.1 Å². The summed E-state index contributed by atoms with van der Waals surface area (Å²) in [7, 11) is 0. The molecule has 226 valence electrons. The van der Waals surface area contributed by atoms with E-state index in [1.54, 1.807) is 0 Å². The van der Waals surface area contributed by atoms with Crippen LogP contribution in [0.5, 0.6) is 0 Å². The lowest BCUT2D eigenvalue weighted by Gasteiger charge is -2.46. The van der Waals surface area contributed by atoms with Crippen LogP contribution in [0, 0.1) is 11.3 Å². The highest BCUT2D eigenvalue weighted by atomic mass is 14.9. The quantitative estimate of drug-likeness (QED) is 0.199. The lowest BCUT2D eigenvalue weighted by molar-refractivity contribution is 0.563. The van der Waals surface area contributed by atoms with Gasteiger partial charge in [-0.2, -0.15) is 5.26 Å². The Hall–Kier alpha value is -6.11. The highest BCUT2D eigenvalue weighted by Gasteiger charge is 2.53. The number of aromatic nitrogens is 2. The Morgan fingerprint density at radius 3 is 1.58 bits per heavy atom.